The van der Waals surface area contributed by atoms with Gasteiger partial charge in [0.05, 0.1) is 16.1 Å². The van der Waals surface area contributed by atoms with Gasteiger partial charge in [-0.05, 0) is 26.1 Å². The van der Waals surface area contributed by atoms with Gasteiger partial charge in [0.15, 0.2) is 0 Å². The minimum absolute atomic E-state index is 0.382. The molecule has 0 aromatic heterocycles. The first kappa shape index (κ1) is 17.7. The van der Waals surface area contributed by atoms with Crippen molar-refractivity contribution in [2.24, 2.45) is 0 Å². The van der Waals surface area contributed by atoms with Crippen LogP contribution in [0.15, 0.2) is 11.0 Å². The molecule has 0 radical (unpaired) electrons. The van der Waals surface area contributed by atoms with E-state index >= 15 is 0 Å². The Labute approximate surface area is 128 Å². The maximum Gasteiger partial charge on any atom is 0.0614 e. The van der Waals surface area contributed by atoms with Gasteiger partial charge in [0.25, 0.3) is 0 Å². The highest BCUT2D eigenvalue weighted by molar-refractivity contribution is 7.94. The molecule has 0 bridgehead atoms. The van der Waals surface area contributed by atoms with Crippen molar-refractivity contribution in [1.82, 2.24) is 4.90 Å². The summed E-state index contributed by atoms with van der Waals surface area (Å²) in [6, 6.07) is 0. The van der Waals surface area contributed by atoms with Crippen LogP contribution in [0.4, 0.5) is 0 Å². The van der Waals surface area contributed by atoms with Gasteiger partial charge in [-0.25, -0.2) is 0 Å². The maximum absolute atomic E-state index is 6.99. The minimum Gasteiger partial charge on any atom is -0.375 e. The summed E-state index contributed by atoms with van der Waals surface area (Å²) in [6.45, 7) is 24.2. The van der Waals surface area contributed by atoms with E-state index in [-0.39, 0.29) is 0 Å². The summed E-state index contributed by atoms with van der Waals surface area (Å²) in [7, 11) is -3.18. The highest BCUT2D eigenvalue weighted by atomic mass is 35.7. The molecular formula is C14H31ClNPSi2. The second-order valence-electron chi connectivity index (χ2n) is 7.60. The zero-order valence-corrected chi connectivity index (χ0v) is 17.8. The SMILES string of the molecule is CCN(CC)C1=C(C)P(Cl)C1([Si](C)(C)C)[Si](C)(C)C. The van der Waals surface area contributed by atoms with Crippen molar-refractivity contribution in [2.45, 2.75) is 64.5 Å². The molecule has 0 aromatic rings. The van der Waals surface area contributed by atoms with E-state index in [0.29, 0.717) is 4.40 Å². The van der Waals surface area contributed by atoms with Crippen LogP contribution in [-0.2, 0) is 0 Å². The minimum atomic E-state index is -1.36. The molecular weight excluding hydrogens is 305 g/mol. The zero-order chi connectivity index (χ0) is 15.2. The molecule has 0 saturated heterocycles. The van der Waals surface area contributed by atoms with Gasteiger partial charge >= 0.3 is 0 Å². The van der Waals surface area contributed by atoms with Crippen LogP contribution in [-0.4, -0.2) is 38.5 Å². The Hall–Kier alpha value is 0.694. The molecule has 5 heteroatoms. The van der Waals surface area contributed by atoms with E-state index < -0.39 is 23.4 Å². The number of hydrogen-bond acceptors (Lipinski definition) is 1. The molecule has 1 heterocycles. The summed E-state index contributed by atoms with van der Waals surface area (Å²) < 4.78 is 0.382. The Morgan fingerprint density at radius 1 is 1.00 bits per heavy atom. The number of allylic oxidation sites excluding steroid dienone is 2. The van der Waals surface area contributed by atoms with E-state index in [1.807, 2.05) is 0 Å². The van der Waals surface area contributed by atoms with Crippen molar-refractivity contribution in [3.8, 4) is 0 Å². The average molecular weight is 336 g/mol. The van der Waals surface area contributed by atoms with Crippen molar-refractivity contribution in [3.63, 3.8) is 0 Å². The Morgan fingerprint density at radius 2 is 1.37 bits per heavy atom. The molecule has 1 aliphatic rings. The van der Waals surface area contributed by atoms with Crippen LogP contribution in [0.25, 0.3) is 0 Å². The second-order valence-corrected chi connectivity index (χ2v) is 22.4. The van der Waals surface area contributed by atoms with Crippen molar-refractivity contribution >= 4 is 34.7 Å². The Kier molecular flexibility index (Phi) is 5.11. The number of nitrogens with zero attached hydrogens (tertiary/aromatic N) is 1. The predicted octanol–water partition coefficient (Wildman–Crippen LogP) is 5.70. The van der Waals surface area contributed by atoms with Gasteiger partial charge in [0, 0.05) is 30.5 Å². The zero-order valence-electron chi connectivity index (χ0n) is 14.2. The van der Waals surface area contributed by atoms with E-state index in [1.54, 1.807) is 5.70 Å². The molecule has 0 fully saturated rings. The molecule has 19 heavy (non-hydrogen) atoms. The fourth-order valence-electron chi connectivity index (χ4n) is 4.07. The largest absolute Gasteiger partial charge is 0.375 e. The van der Waals surface area contributed by atoms with Crippen LogP contribution in [0.5, 0.6) is 0 Å². The van der Waals surface area contributed by atoms with Crippen LogP contribution < -0.4 is 0 Å². The quantitative estimate of drug-likeness (QED) is 0.460. The highest BCUT2D eigenvalue weighted by Gasteiger charge is 2.66. The molecule has 1 rings (SSSR count). The van der Waals surface area contributed by atoms with Crippen LogP contribution in [0.2, 0.25) is 39.3 Å². The van der Waals surface area contributed by atoms with Crippen LogP contribution in [0, 0.1) is 0 Å². The lowest BCUT2D eigenvalue weighted by atomic mass is 10.3. The van der Waals surface area contributed by atoms with Gasteiger partial charge in [-0.3, -0.25) is 0 Å². The van der Waals surface area contributed by atoms with Crippen molar-refractivity contribution in [2.75, 3.05) is 13.1 Å². The number of rotatable bonds is 5. The van der Waals surface area contributed by atoms with E-state index in [1.165, 1.54) is 5.31 Å². The van der Waals surface area contributed by atoms with E-state index in [0.717, 1.165) is 13.1 Å². The molecule has 0 aromatic carbocycles. The first-order valence-electron chi connectivity index (χ1n) is 7.39. The van der Waals surface area contributed by atoms with Gasteiger partial charge in [0.2, 0.25) is 0 Å². The molecule has 0 N–H and O–H groups in total. The first-order valence-corrected chi connectivity index (χ1v) is 16.6. The van der Waals surface area contributed by atoms with Crippen LogP contribution >= 0.6 is 18.5 Å². The topological polar surface area (TPSA) is 3.24 Å². The fraction of sp³-hybridized carbons (Fsp3) is 0.857. The van der Waals surface area contributed by atoms with Crippen molar-refractivity contribution < 1.29 is 0 Å². The van der Waals surface area contributed by atoms with Crippen LogP contribution in [0.3, 0.4) is 0 Å². The lowest BCUT2D eigenvalue weighted by Crippen LogP contribution is -2.71. The molecule has 1 unspecified atom stereocenters. The van der Waals surface area contributed by atoms with Gasteiger partial charge in [0.1, 0.15) is 0 Å². The average Bonchev–Trinajstić information content (AvgIpc) is 2.24. The third-order valence-electron chi connectivity index (χ3n) is 4.52. The molecule has 1 atom stereocenters. The predicted molar refractivity (Wildman–Crippen MR) is 97.8 cm³/mol. The maximum atomic E-state index is 6.99. The Balaban J connectivity index is 3.51. The lowest BCUT2D eigenvalue weighted by molar-refractivity contribution is 0.366. The summed E-state index contributed by atoms with van der Waals surface area (Å²) >= 11 is 6.99. The molecule has 0 amide bonds. The highest BCUT2D eigenvalue weighted by Crippen LogP contribution is 2.78. The van der Waals surface area contributed by atoms with E-state index in [4.69, 9.17) is 11.2 Å². The molecule has 112 valence electrons. The molecule has 0 spiro atoms. The molecule has 0 saturated carbocycles. The van der Waals surface area contributed by atoms with Crippen molar-refractivity contribution in [3.05, 3.63) is 11.0 Å². The van der Waals surface area contributed by atoms with Gasteiger partial charge in [-0.15, -0.1) is 0 Å². The summed E-state index contributed by atoms with van der Waals surface area (Å²) in [5, 5.41) is 1.50. The fourth-order valence-corrected chi connectivity index (χ4v) is 27.5. The normalized spacial score (nSPS) is 23.4. The summed E-state index contributed by atoms with van der Waals surface area (Å²) in [5.41, 5.74) is 1.65. The number of halogens is 1. The summed E-state index contributed by atoms with van der Waals surface area (Å²) in [5.74, 6) is 0. The van der Waals surface area contributed by atoms with Crippen LogP contribution in [0.1, 0.15) is 20.8 Å². The summed E-state index contributed by atoms with van der Waals surface area (Å²) in [4.78, 5) is 2.59. The number of hydrogen-bond donors (Lipinski definition) is 0. The molecule has 1 nitrogen and oxygen atoms in total. The van der Waals surface area contributed by atoms with Crippen molar-refractivity contribution in [1.29, 1.82) is 0 Å². The first-order chi connectivity index (χ1) is 8.46. The second kappa shape index (κ2) is 5.48. The lowest BCUT2D eigenvalue weighted by Gasteiger charge is -2.64. The summed E-state index contributed by atoms with van der Waals surface area (Å²) in [6.07, 6.45) is 0. The van der Waals surface area contributed by atoms with E-state index in [9.17, 15) is 0 Å². The smallest absolute Gasteiger partial charge is 0.0614 e. The van der Waals surface area contributed by atoms with Gasteiger partial charge < -0.3 is 4.90 Å². The third-order valence-corrected chi connectivity index (χ3v) is 23.2. The van der Waals surface area contributed by atoms with Gasteiger partial charge in [-0.2, -0.15) is 0 Å². The van der Waals surface area contributed by atoms with E-state index in [2.05, 4.69) is 65.0 Å². The van der Waals surface area contributed by atoms with Gasteiger partial charge in [-0.1, -0.05) is 50.5 Å². The monoisotopic (exact) mass is 335 g/mol. The third kappa shape index (κ3) is 2.39. The molecule has 1 aliphatic heterocycles. The standard InChI is InChI=1S/C14H31ClNPSi2/c1-10-16(11-2)13-12(3)17(15)14(13,18(4,5)6)19(7,8)9/h10-11H2,1-9H3. The molecule has 0 aliphatic carbocycles. The Morgan fingerprint density at radius 3 is 1.63 bits per heavy atom. The Bertz CT molecular complexity index is 364.